The number of benzene rings is 2. The van der Waals surface area contributed by atoms with E-state index in [0.717, 1.165) is 15.6 Å². The Bertz CT molecular complexity index is 699. The highest BCUT2D eigenvalue weighted by Crippen LogP contribution is 2.28. The van der Waals surface area contributed by atoms with Crippen LogP contribution < -0.4 is 14.9 Å². The normalized spacial score (nSPS) is 10.6. The maximum Gasteiger partial charge on any atom is 0.236 e. The lowest BCUT2D eigenvalue weighted by atomic mass is 10.2. The number of nitrogens with zero attached hydrogens (tertiary/aromatic N) is 1. The lowest BCUT2D eigenvalue weighted by Crippen LogP contribution is -2.12. The molecule has 2 rings (SSSR count). The van der Waals surface area contributed by atoms with Crippen molar-refractivity contribution >= 4 is 28.1 Å². The maximum absolute atomic E-state index is 10.8. The SMILES string of the molecule is COc1cc(/C=N\NC(C)=O)ccc1OCc1ccc(Br)cc1. The smallest absolute Gasteiger partial charge is 0.236 e. The number of carbonyl (C=O) groups excluding carboxylic acids is 1. The van der Waals surface area contributed by atoms with E-state index >= 15 is 0 Å². The van der Waals surface area contributed by atoms with E-state index in [1.807, 2.05) is 36.4 Å². The van der Waals surface area contributed by atoms with Gasteiger partial charge in [-0.25, -0.2) is 5.43 Å². The van der Waals surface area contributed by atoms with E-state index in [4.69, 9.17) is 9.47 Å². The Morgan fingerprint density at radius 1 is 1.22 bits per heavy atom. The summed E-state index contributed by atoms with van der Waals surface area (Å²) in [7, 11) is 1.58. The van der Waals surface area contributed by atoms with Crippen LogP contribution >= 0.6 is 15.9 Å². The van der Waals surface area contributed by atoms with Crippen molar-refractivity contribution in [2.24, 2.45) is 5.10 Å². The van der Waals surface area contributed by atoms with E-state index in [9.17, 15) is 4.79 Å². The molecule has 0 aliphatic heterocycles. The third kappa shape index (κ3) is 5.41. The molecule has 0 unspecified atom stereocenters. The number of rotatable bonds is 6. The molecule has 0 heterocycles. The number of hydrazone groups is 1. The minimum atomic E-state index is -0.220. The molecule has 0 atom stereocenters. The highest BCUT2D eigenvalue weighted by atomic mass is 79.9. The lowest BCUT2D eigenvalue weighted by Gasteiger charge is -2.11. The van der Waals surface area contributed by atoms with Crippen LogP contribution in [0.4, 0.5) is 0 Å². The zero-order valence-corrected chi connectivity index (χ0v) is 14.5. The zero-order valence-electron chi connectivity index (χ0n) is 12.9. The number of hydrogen-bond donors (Lipinski definition) is 1. The van der Waals surface area contributed by atoms with Gasteiger partial charge in [0.25, 0.3) is 0 Å². The molecular formula is C17H17BrN2O3. The molecule has 5 nitrogen and oxygen atoms in total. The van der Waals surface area contributed by atoms with E-state index in [-0.39, 0.29) is 5.91 Å². The molecule has 2 aromatic carbocycles. The van der Waals surface area contributed by atoms with Crippen molar-refractivity contribution in [1.82, 2.24) is 5.43 Å². The van der Waals surface area contributed by atoms with Crippen molar-refractivity contribution < 1.29 is 14.3 Å². The molecule has 0 aliphatic carbocycles. The molecule has 1 amide bonds. The Hall–Kier alpha value is -2.34. The highest BCUT2D eigenvalue weighted by Gasteiger charge is 2.05. The van der Waals surface area contributed by atoms with Gasteiger partial charge in [-0.3, -0.25) is 4.79 Å². The Morgan fingerprint density at radius 2 is 1.96 bits per heavy atom. The van der Waals surface area contributed by atoms with Crippen LogP contribution in [0, 0.1) is 0 Å². The standard InChI is InChI=1S/C17H17BrN2O3/c1-12(21)20-19-10-14-5-8-16(17(9-14)22-2)23-11-13-3-6-15(18)7-4-13/h3-10H,11H2,1-2H3,(H,20,21)/b19-10-. The summed E-state index contributed by atoms with van der Waals surface area (Å²) in [5, 5.41) is 3.82. The summed E-state index contributed by atoms with van der Waals surface area (Å²) in [6, 6.07) is 13.4. The molecule has 0 aliphatic rings. The van der Waals surface area contributed by atoms with Crippen molar-refractivity contribution in [3.05, 3.63) is 58.1 Å². The van der Waals surface area contributed by atoms with Crippen molar-refractivity contribution in [2.45, 2.75) is 13.5 Å². The van der Waals surface area contributed by atoms with Crippen LogP contribution in [-0.4, -0.2) is 19.2 Å². The van der Waals surface area contributed by atoms with Crippen LogP contribution in [0.3, 0.4) is 0 Å². The Morgan fingerprint density at radius 3 is 2.61 bits per heavy atom. The topological polar surface area (TPSA) is 59.9 Å². The summed E-state index contributed by atoms with van der Waals surface area (Å²) in [6.07, 6.45) is 1.54. The third-order valence-corrected chi connectivity index (χ3v) is 3.46. The number of amides is 1. The molecular weight excluding hydrogens is 360 g/mol. The van der Waals surface area contributed by atoms with Gasteiger partial charge in [0.2, 0.25) is 5.91 Å². The second-order valence-electron chi connectivity index (χ2n) is 4.75. The van der Waals surface area contributed by atoms with Gasteiger partial charge in [-0.2, -0.15) is 5.10 Å². The molecule has 23 heavy (non-hydrogen) atoms. The van der Waals surface area contributed by atoms with Crippen molar-refractivity contribution in [2.75, 3.05) is 7.11 Å². The molecule has 0 fully saturated rings. The number of nitrogens with one attached hydrogen (secondary N) is 1. The number of ether oxygens (including phenoxy) is 2. The largest absolute Gasteiger partial charge is 0.493 e. The quantitative estimate of drug-likeness (QED) is 0.619. The predicted octanol–water partition coefficient (Wildman–Crippen LogP) is 3.51. The Labute approximate surface area is 143 Å². The first kappa shape index (κ1) is 17.0. The first-order valence-electron chi connectivity index (χ1n) is 6.93. The van der Waals surface area contributed by atoms with Gasteiger partial charge in [0.05, 0.1) is 13.3 Å². The van der Waals surface area contributed by atoms with E-state index < -0.39 is 0 Å². The molecule has 0 bridgehead atoms. The van der Waals surface area contributed by atoms with Crippen LogP contribution in [0.5, 0.6) is 11.5 Å². The minimum Gasteiger partial charge on any atom is -0.493 e. The summed E-state index contributed by atoms with van der Waals surface area (Å²) in [6.45, 7) is 1.85. The molecule has 0 radical (unpaired) electrons. The molecule has 120 valence electrons. The maximum atomic E-state index is 10.8. The van der Waals surface area contributed by atoms with Crippen molar-refractivity contribution in [1.29, 1.82) is 0 Å². The summed E-state index contributed by atoms with van der Waals surface area (Å²) >= 11 is 3.40. The Kier molecular flexibility index (Phi) is 6.17. The van der Waals surface area contributed by atoms with Crippen LogP contribution in [0.1, 0.15) is 18.1 Å². The molecule has 0 saturated carbocycles. The summed E-state index contributed by atoms with van der Waals surface area (Å²) in [4.78, 5) is 10.8. The van der Waals surface area contributed by atoms with Gasteiger partial charge < -0.3 is 9.47 Å². The van der Waals surface area contributed by atoms with Gasteiger partial charge >= 0.3 is 0 Å². The van der Waals surface area contributed by atoms with Gasteiger partial charge in [0.1, 0.15) is 6.61 Å². The molecule has 0 saturated heterocycles. The third-order valence-electron chi connectivity index (χ3n) is 2.93. The molecule has 1 N–H and O–H groups in total. The number of halogens is 1. The molecule has 2 aromatic rings. The fraction of sp³-hybridized carbons (Fsp3) is 0.176. The van der Waals surface area contributed by atoms with Crippen LogP contribution in [0.2, 0.25) is 0 Å². The fourth-order valence-electron chi connectivity index (χ4n) is 1.82. The van der Waals surface area contributed by atoms with Gasteiger partial charge in [0.15, 0.2) is 11.5 Å². The summed E-state index contributed by atoms with van der Waals surface area (Å²) in [5.74, 6) is 1.03. The van der Waals surface area contributed by atoms with E-state index in [1.165, 1.54) is 6.92 Å². The average molecular weight is 377 g/mol. The van der Waals surface area contributed by atoms with Crippen LogP contribution in [0.25, 0.3) is 0 Å². The minimum absolute atomic E-state index is 0.220. The zero-order chi connectivity index (χ0) is 16.7. The first-order chi connectivity index (χ1) is 11.1. The highest BCUT2D eigenvalue weighted by molar-refractivity contribution is 9.10. The molecule has 6 heteroatoms. The molecule has 0 spiro atoms. The van der Waals surface area contributed by atoms with Crippen molar-refractivity contribution in [3.63, 3.8) is 0 Å². The lowest BCUT2D eigenvalue weighted by molar-refractivity contribution is -0.118. The number of hydrogen-bond acceptors (Lipinski definition) is 4. The van der Waals surface area contributed by atoms with Crippen molar-refractivity contribution in [3.8, 4) is 11.5 Å². The molecule has 0 aromatic heterocycles. The van der Waals surface area contributed by atoms with Crippen LogP contribution in [0.15, 0.2) is 52.0 Å². The van der Waals surface area contributed by atoms with Gasteiger partial charge in [-0.1, -0.05) is 28.1 Å². The van der Waals surface area contributed by atoms with Gasteiger partial charge in [0, 0.05) is 11.4 Å². The number of carbonyl (C=O) groups is 1. The second-order valence-corrected chi connectivity index (χ2v) is 5.67. The van der Waals surface area contributed by atoms with Gasteiger partial charge in [-0.15, -0.1) is 0 Å². The van der Waals surface area contributed by atoms with E-state index in [0.29, 0.717) is 18.1 Å². The van der Waals surface area contributed by atoms with E-state index in [1.54, 1.807) is 19.4 Å². The monoisotopic (exact) mass is 376 g/mol. The Balaban J connectivity index is 2.05. The average Bonchev–Trinajstić information content (AvgIpc) is 2.54. The number of methoxy groups -OCH3 is 1. The van der Waals surface area contributed by atoms with Gasteiger partial charge in [-0.05, 0) is 41.5 Å². The first-order valence-corrected chi connectivity index (χ1v) is 7.72. The van der Waals surface area contributed by atoms with E-state index in [2.05, 4.69) is 26.5 Å². The second kappa shape index (κ2) is 8.33. The fourth-order valence-corrected chi connectivity index (χ4v) is 2.09. The summed E-state index contributed by atoms with van der Waals surface area (Å²) in [5.41, 5.74) is 4.21. The van der Waals surface area contributed by atoms with Crippen LogP contribution in [-0.2, 0) is 11.4 Å². The predicted molar refractivity (Wildman–Crippen MR) is 92.9 cm³/mol. The summed E-state index contributed by atoms with van der Waals surface area (Å²) < 4.78 is 12.2.